The van der Waals surface area contributed by atoms with Gasteiger partial charge in [-0.2, -0.15) is 0 Å². The molecule has 0 saturated heterocycles. The van der Waals surface area contributed by atoms with Crippen LogP contribution in [0.1, 0.15) is 55.8 Å². The van der Waals surface area contributed by atoms with Crippen LogP contribution in [0, 0.1) is 0 Å². The molecule has 0 atom stereocenters. The van der Waals surface area contributed by atoms with Gasteiger partial charge in [0.2, 0.25) is 0 Å². The first-order chi connectivity index (χ1) is 10.0. The van der Waals surface area contributed by atoms with Crippen LogP contribution in [0.4, 0.5) is 0 Å². The summed E-state index contributed by atoms with van der Waals surface area (Å²) in [5.74, 6) is -0.146. The number of ketones is 1. The SMILES string of the molecule is CCOC(=O)CCCCCCC(=O)c1cc(Cl)ccc1Cl. The summed E-state index contributed by atoms with van der Waals surface area (Å²) in [7, 11) is 0. The second kappa shape index (κ2) is 9.80. The molecule has 0 aliphatic carbocycles. The van der Waals surface area contributed by atoms with Gasteiger partial charge in [0, 0.05) is 23.4 Å². The van der Waals surface area contributed by atoms with E-state index in [1.54, 1.807) is 25.1 Å². The molecule has 0 heterocycles. The number of benzene rings is 1. The Morgan fingerprint density at radius 1 is 1.05 bits per heavy atom. The standard InChI is InChI=1S/C16H20Cl2O3/c1-2-21-16(20)8-6-4-3-5-7-15(19)13-11-12(17)9-10-14(13)18/h9-11H,2-8H2,1H3. The zero-order valence-corrected chi connectivity index (χ0v) is 13.7. The minimum atomic E-state index is -0.153. The topological polar surface area (TPSA) is 43.4 Å². The number of esters is 1. The van der Waals surface area contributed by atoms with Crippen molar-refractivity contribution in [2.24, 2.45) is 0 Å². The van der Waals surface area contributed by atoms with Gasteiger partial charge in [0.05, 0.1) is 11.6 Å². The number of ether oxygens (including phenoxy) is 1. The number of halogens is 2. The van der Waals surface area contributed by atoms with Gasteiger partial charge in [0.25, 0.3) is 0 Å². The zero-order chi connectivity index (χ0) is 15.7. The number of carbonyl (C=O) groups excluding carboxylic acids is 2. The van der Waals surface area contributed by atoms with E-state index in [4.69, 9.17) is 27.9 Å². The van der Waals surface area contributed by atoms with Gasteiger partial charge in [-0.3, -0.25) is 9.59 Å². The Balaban J connectivity index is 2.22. The molecule has 21 heavy (non-hydrogen) atoms. The molecular formula is C16H20Cl2O3. The van der Waals surface area contributed by atoms with Gasteiger partial charge in [-0.15, -0.1) is 0 Å². The number of unbranched alkanes of at least 4 members (excludes halogenated alkanes) is 3. The highest BCUT2D eigenvalue weighted by atomic mass is 35.5. The highest BCUT2D eigenvalue weighted by Gasteiger charge is 2.10. The van der Waals surface area contributed by atoms with E-state index < -0.39 is 0 Å². The van der Waals surface area contributed by atoms with E-state index >= 15 is 0 Å². The lowest BCUT2D eigenvalue weighted by Crippen LogP contribution is -2.03. The van der Waals surface area contributed by atoms with E-state index in [9.17, 15) is 9.59 Å². The van der Waals surface area contributed by atoms with Crippen LogP contribution in [0.25, 0.3) is 0 Å². The van der Waals surface area contributed by atoms with Crippen LogP contribution in [0.3, 0.4) is 0 Å². The lowest BCUT2D eigenvalue weighted by atomic mass is 10.0. The van der Waals surface area contributed by atoms with Gasteiger partial charge >= 0.3 is 5.97 Å². The van der Waals surface area contributed by atoms with Crippen LogP contribution in [0.5, 0.6) is 0 Å². The summed E-state index contributed by atoms with van der Waals surface area (Å²) in [4.78, 5) is 23.2. The Labute approximate surface area is 135 Å². The highest BCUT2D eigenvalue weighted by Crippen LogP contribution is 2.22. The Morgan fingerprint density at radius 3 is 2.38 bits per heavy atom. The summed E-state index contributed by atoms with van der Waals surface area (Å²) in [5, 5.41) is 0.948. The first-order valence-electron chi connectivity index (χ1n) is 7.18. The molecule has 0 radical (unpaired) electrons. The van der Waals surface area contributed by atoms with Crippen LogP contribution in [-0.4, -0.2) is 18.4 Å². The van der Waals surface area contributed by atoms with E-state index in [1.165, 1.54) is 0 Å². The molecule has 0 fully saturated rings. The first-order valence-corrected chi connectivity index (χ1v) is 7.94. The third kappa shape index (κ3) is 6.96. The molecule has 0 aliphatic rings. The maximum Gasteiger partial charge on any atom is 0.305 e. The Hall–Kier alpha value is -1.06. The van der Waals surface area contributed by atoms with Crippen molar-refractivity contribution in [3.63, 3.8) is 0 Å². The normalized spacial score (nSPS) is 10.4. The van der Waals surface area contributed by atoms with Crippen LogP contribution in [-0.2, 0) is 9.53 Å². The van der Waals surface area contributed by atoms with Crippen molar-refractivity contribution < 1.29 is 14.3 Å². The zero-order valence-electron chi connectivity index (χ0n) is 12.2. The summed E-state index contributed by atoms with van der Waals surface area (Å²) in [6.07, 6.45) is 4.29. The summed E-state index contributed by atoms with van der Waals surface area (Å²) in [5.41, 5.74) is 0.482. The molecule has 0 amide bonds. The summed E-state index contributed by atoms with van der Waals surface area (Å²) < 4.78 is 4.85. The molecular weight excluding hydrogens is 311 g/mol. The van der Waals surface area contributed by atoms with E-state index in [0.29, 0.717) is 35.1 Å². The summed E-state index contributed by atoms with van der Waals surface area (Å²) >= 11 is 11.9. The molecule has 1 aromatic rings. The second-order valence-electron chi connectivity index (χ2n) is 4.77. The Kier molecular flexibility index (Phi) is 8.40. The van der Waals surface area contributed by atoms with Crippen molar-refractivity contribution in [1.82, 2.24) is 0 Å². The van der Waals surface area contributed by atoms with E-state index in [1.807, 2.05) is 0 Å². The van der Waals surface area contributed by atoms with Crippen LogP contribution in [0.15, 0.2) is 18.2 Å². The van der Waals surface area contributed by atoms with E-state index in [0.717, 1.165) is 25.7 Å². The molecule has 0 bridgehead atoms. The fourth-order valence-corrected chi connectivity index (χ4v) is 2.38. The lowest BCUT2D eigenvalue weighted by molar-refractivity contribution is -0.143. The molecule has 0 aromatic heterocycles. The van der Waals surface area contributed by atoms with Crippen molar-refractivity contribution >= 4 is 35.0 Å². The molecule has 1 rings (SSSR count). The number of carbonyl (C=O) groups is 2. The van der Waals surface area contributed by atoms with Crippen molar-refractivity contribution in [2.75, 3.05) is 6.61 Å². The summed E-state index contributed by atoms with van der Waals surface area (Å²) in [6, 6.07) is 4.90. The first kappa shape index (κ1) is 18.0. The number of hydrogen-bond acceptors (Lipinski definition) is 3. The quantitative estimate of drug-likeness (QED) is 0.360. The molecule has 5 heteroatoms. The van der Waals surface area contributed by atoms with Crippen molar-refractivity contribution in [3.8, 4) is 0 Å². The fourth-order valence-electron chi connectivity index (χ4n) is 1.99. The number of hydrogen-bond donors (Lipinski definition) is 0. The highest BCUT2D eigenvalue weighted by molar-refractivity contribution is 6.35. The molecule has 0 saturated carbocycles. The van der Waals surface area contributed by atoms with E-state index in [2.05, 4.69) is 0 Å². The smallest absolute Gasteiger partial charge is 0.305 e. The maximum absolute atomic E-state index is 12.0. The Morgan fingerprint density at radius 2 is 1.71 bits per heavy atom. The van der Waals surface area contributed by atoms with Crippen LogP contribution < -0.4 is 0 Å². The van der Waals surface area contributed by atoms with E-state index in [-0.39, 0.29) is 11.8 Å². The van der Waals surface area contributed by atoms with Crippen LogP contribution >= 0.6 is 23.2 Å². The Bertz CT molecular complexity index is 486. The fraction of sp³-hybridized carbons (Fsp3) is 0.500. The van der Waals surface area contributed by atoms with Crippen molar-refractivity contribution in [2.45, 2.75) is 45.4 Å². The van der Waals surface area contributed by atoms with Gasteiger partial charge in [-0.1, -0.05) is 36.0 Å². The van der Waals surface area contributed by atoms with Gasteiger partial charge in [-0.25, -0.2) is 0 Å². The third-order valence-corrected chi connectivity index (χ3v) is 3.63. The average Bonchev–Trinajstić information content (AvgIpc) is 2.45. The third-order valence-electron chi connectivity index (χ3n) is 3.07. The molecule has 0 unspecified atom stereocenters. The largest absolute Gasteiger partial charge is 0.466 e. The minimum Gasteiger partial charge on any atom is -0.466 e. The predicted molar refractivity (Wildman–Crippen MR) is 85.1 cm³/mol. The second-order valence-corrected chi connectivity index (χ2v) is 5.61. The molecule has 0 N–H and O–H groups in total. The monoisotopic (exact) mass is 330 g/mol. The number of Topliss-reactive ketones (excluding diaryl/α,β-unsaturated/α-hetero) is 1. The lowest BCUT2D eigenvalue weighted by Gasteiger charge is -2.05. The van der Waals surface area contributed by atoms with Crippen LogP contribution in [0.2, 0.25) is 10.0 Å². The number of rotatable bonds is 9. The van der Waals surface area contributed by atoms with Crippen molar-refractivity contribution in [3.05, 3.63) is 33.8 Å². The molecule has 3 nitrogen and oxygen atoms in total. The van der Waals surface area contributed by atoms with Gasteiger partial charge in [0.15, 0.2) is 5.78 Å². The summed E-state index contributed by atoms with van der Waals surface area (Å²) in [6.45, 7) is 2.22. The maximum atomic E-state index is 12.0. The van der Waals surface area contributed by atoms with Crippen molar-refractivity contribution in [1.29, 1.82) is 0 Å². The molecule has 0 aliphatic heterocycles. The molecule has 0 spiro atoms. The molecule has 1 aromatic carbocycles. The minimum absolute atomic E-state index is 0.00731. The average molecular weight is 331 g/mol. The van der Waals surface area contributed by atoms with Gasteiger partial charge in [-0.05, 0) is 38.0 Å². The van der Waals surface area contributed by atoms with Gasteiger partial charge < -0.3 is 4.74 Å². The van der Waals surface area contributed by atoms with Gasteiger partial charge in [0.1, 0.15) is 0 Å². The molecule has 116 valence electrons. The predicted octanol–water partition coefficient (Wildman–Crippen LogP) is 5.08.